The lowest BCUT2D eigenvalue weighted by atomic mass is 10.2. The van der Waals surface area contributed by atoms with Crippen molar-refractivity contribution in [1.82, 2.24) is 9.55 Å². The number of nitrogens with zero attached hydrogens (tertiary/aromatic N) is 1. The van der Waals surface area contributed by atoms with Crippen LogP contribution in [0.15, 0.2) is 40.9 Å². The molecule has 0 aliphatic heterocycles. The van der Waals surface area contributed by atoms with Gasteiger partial charge in [0.1, 0.15) is 5.82 Å². The van der Waals surface area contributed by atoms with Crippen LogP contribution >= 0.6 is 50.7 Å². The van der Waals surface area contributed by atoms with E-state index < -0.39 is 0 Å². The Kier molecular flexibility index (Phi) is 3.48. The number of H-pyrrole nitrogens is 1. The second kappa shape index (κ2) is 4.99. The summed E-state index contributed by atoms with van der Waals surface area (Å²) in [7, 11) is 0. The molecule has 0 radical (unpaired) electrons. The number of imidazole rings is 1. The quantitative estimate of drug-likeness (QED) is 0.401. The predicted octanol–water partition coefficient (Wildman–Crippen LogP) is 5.19. The van der Waals surface area contributed by atoms with Gasteiger partial charge in [-0.1, -0.05) is 15.9 Å². The summed E-state index contributed by atoms with van der Waals surface area (Å²) in [6.45, 7) is 0. The molecule has 2 aromatic carbocycles. The largest absolute Gasteiger partial charge is 0.330 e. The zero-order valence-electron chi connectivity index (χ0n) is 9.45. The fourth-order valence-electron chi connectivity index (χ4n) is 1.98. The number of aromatic amines is 1. The molecule has 1 heterocycles. The number of fused-ring (bicyclic) bond motifs is 1. The van der Waals surface area contributed by atoms with Gasteiger partial charge >= 0.3 is 0 Å². The standard InChI is InChI=1S/C13H7BrFIN2S/c14-7-1-3-9(15)12(5-7)18-11-4-2-8(16)6-10(11)17-13(18)19/h1-6H,(H,17,19). The first-order valence-electron chi connectivity index (χ1n) is 5.42. The molecule has 1 aromatic heterocycles. The van der Waals surface area contributed by atoms with Gasteiger partial charge in [0.2, 0.25) is 0 Å². The van der Waals surface area contributed by atoms with Gasteiger partial charge in [0, 0.05) is 8.04 Å². The van der Waals surface area contributed by atoms with Crippen LogP contribution in [0.5, 0.6) is 0 Å². The van der Waals surface area contributed by atoms with Crippen molar-refractivity contribution in [3.8, 4) is 5.69 Å². The number of halogens is 3. The van der Waals surface area contributed by atoms with Crippen LogP contribution in [0, 0.1) is 14.2 Å². The third-order valence-corrected chi connectivity index (χ3v) is 4.24. The van der Waals surface area contributed by atoms with Crippen molar-refractivity contribution >= 4 is 61.8 Å². The molecule has 19 heavy (non-hydrogen) atoms. The molecular formula is C13H7BrFIN2S. The first-order chi connectivity index (χ1) is 9.06. The number of rotatable bonds is 1. The SMILES string of the molecule is Fc1ccc(Br)cc1-n1c(=S)[nH]c2cc(I)ccc21. The van der Waals surface area contributed by atoms with Crippen LogP contribution in [0.4, 0.5) is 4.39 Å². The van der Waals surface area contributed by atoms with Crippen molar-refractivity contribution in [3.05, 3.63) is 55.0 Å². The molecule has 0 aliphatic rings. The van der Waals surface area contributed by atoms with Gasteiger partial charge < -0.3 is 4.98 Å². The lowest BCUT2D eigenvalue weighted by Crippen LogP contribution is -1.97. The van der Waals surface area contributed by atoms with Crippen molar-refractivity contribution in [2.24, 2.45) is 0 Å². The summed E-state index contributed by atoms with van der Waals surface area (Å²) in [6.07, 6.45) is 0. The van der Waals surface area contributed by atoms with Gasteiger partial charge in [0.25, 0.3) is 0 Å². The molecule has 0 saturated heterocycles. The average molecular weight is 449 g/mol. The summed E-state index contributed by atoms with van der Waals surface area (Å²) in [4.78, 5) is 3.10. The van der Waals surface area contributed by atoms with Gasteiger partial charge in [-0.15, -0.1) is 0 Å². The third-order valence-electron chi connectivity index (χ3n) is 2.79. The molecule has 0 atom stereocenters. The van der Waals surface area contributed by atoms with E-state index >= 15 is 0 Å². The number of hydrogen-bond donors (Lipinski definition) is 1. The Balaban J connectivity index is 2.39. The number of aromatic nitrogens is 2. The van der Waals surface area contributed by atoms with Crippen LogP contribution in [0.25, 0.3) is 16.7 Å². The summed E-state index contributed by atoms with van der Waals surface area (Å²) in [5.74, 6) is -0.307. The third kappa shape index (κ3) is 2.36. The summed E-state index contributed by atoms with van der Waals surface area (Å²) >= 11 is 10.9. The van der Waals surface area contributed by atoms with Gasteiger partial charge in [-0.25, -0.2) is 4.39 Å². The number of hydrogen-bond acceptors (Lipinski definition) is 1. The zero-order chi connectivity index (χ0) is 13.6. The fourth-order valence-corrected chi connectivity index (χ4v) is 3.13. The fraction of sp³-hybridized carbons (Fsp3) is 0. The van der Waals surface area contributed by atoms with E-state index in [1.165, 1.54) is 6.07 Å². The van der Waals surface area contributed by atoms with Gasteiger partial charge in [-0.2, -0.15) is 0 Å². The van der Waals surface area contributed by atoms with E-state index in [1.54, 1.807) is 16.7 Å². The predicted molar refractivity (Wildman–Crippen MR) is 88.8 cm³/mol. The van der Waals surface area contributed by atoms with Crippen molar-refractivity contribution in [1.29, 1.82) is 0 Å². The maximum absolute atomic E-state index is 14.0. The highest BCUT2D eigenvalue weighted by Crippen LogP contribution is 2.25. The van der Waals surface area contributed by atoms with Crippen molar-refractivity contribution in [3.63, 3.8) is 0 Å². The van der Waals surface area contributed by atoms with Crippen LogP contribution in [-0.2, 0) is 0 Å². The zero-order valence-corrected chi connectivity index (χ0v) is 14.0. The molecule has 2 nitrogen and oxygen atoms in total. The molecule has 0 spiro atoms. The van der Waals surface area contributed by atoms with Gasteiger partial charge in [-0.3, -0.25) is 4.57 Å². The second-order valence-corrected chi connectivity index (χ2v) is 6.57. The maximum atomic E-state index is 14.0. The van der Waals surface area contributed by atoms with E-state index in [-0.39, 0.29) is 5.82 Å². The minimum Gasteiger partial charge on any atom is -0.330 e. The summed E-state index contributed by atoms with van der Waals surface area (Å²) in [5, 5.41) is 0. The Hall–Kier alpha value is -0.730. The number of benzene rings is 2. The monoisotopic (exact) mass is 448 g/mol. The summed E-state index contributed by atoms with van der Waals surface area (Å²) in [6, 6.07) is 10.7. The summed E-state index contributed by atoms with van der Waals surface area (Å²) < 4.78 is 18.1. The molecular weight excluding hydrogens is 442 g/mol. The van der Waals surface area contributed by atoms with E-state index in [1.807, 2.05) is 18.2 Å². The Labute approximate surface area is 135 Å². The molecule has 3 aromatic rings. The molecule has 0 bridgehead atoms. The Morgan fingerprint density at radius 1 is 1.21 bits per heavy atom. The highest BCUT2D eigenvalue weighted by atomic mass is 127. The highest BCUT2D eigenvalue weighted by molar-refractivity contribution is 14.1. The normalized spacial score (nSPS) is 11.1. The van der Waals surface area contributed by atoms with E-state index in [4.69, 9.17) is 12.2 Å². The Morgan fingerprint density at radius 3 is 2.79 bits per heavy atom. The Bertz CT molecular complexity index is 840. The van der Waals surface area contributed by atoms with Crippen molar-refractivity contribution < 1.29 is 4.39 Å². The van der Waals surface area contributed by atoms with E-state index in [9.17, 15) is 4.39 Å². The van der Waals surface area contributed by atoms with Crippen LogP contribution in [-0.4, -0.2) is 9.55 Å². The minimum atomic E-state index is -0.307. The first-order valence-corrected chi connectivity index (χ1v) is 7.70. The molecule has 6 heteroatoms. The lowest BCUT2D eigenvalue weighted by Gasteiger charge is -2.06. The molecule has 96 valence electrons. The molecule has 0 fully saturated rings. The van der Waals surface area contributed by atoms with Crippen molar-refractivity contribution in [2.75, 3.05) is 0 Å². The topological polar surface area (TPSA) is 20.7 Å². The molecule has 3 rings (SSSR count). The average Bonchev–Trinajstić information content (AvgIpc) is 2.67. The lowest BCUT2D eigenvalue weighted by molar-refractivity contribution is 0.618. The van der Waals surface area contributed by atoms with E-state index in [2.05, 4.69) is 43.5 Å². The molecule has 0 unspecified atom stereocenters. The van der Waals surface area contributed by atoms with Gasteiger partial charge in [-0.05, 0) is 71.2 Å². The first kappa shape index (κ1) is 13.3. The van der Waals surface area contributed by atoms with Crippen molar-refractivity contribution in [2.45, 2.75) is 0 Å². The second-order valence-electron chi connectivity index (χ2n) is 4.02. The van der Waals surface area contributed by atoms with Crippen LogP contribution in [0.2, 0.25) is 0 Å². The number of nitrogens with one attached hydrogen (secondary N) is 1. The van der Waals surface area contributed by atoms with Gasteiger partial charge in [0.05, 0.1) is 16.7 Å². The Morgan fingerprint density at radius 2 is 2.00 bits per heavy atom. The molecule has 0 saturated carbocycles. The van der Waals surface area contributed by atoms with Crippen LogP contribution < -0.4 is 0 Å². The van der Waals surface area contributed by atoms with E-state index in [0.29, 0.717) is 10.5 Å². The molecule has 1 N–H and O–H groups in total. The molecule has 0 aliphatic carbocycles. The van der Waals surface area contributed by atoms with Crippen LogP contribution in [0.1, 0.15) is 0 Å². The van der Waals surface area contributed by atoms with Crippen LogP contribution in [0.3, 0.4) is 0 Å². The maximum Gasteiger partial charge on any atom is 0.182 e. The molecule has 0 amide bonds. The van der Waals surface area contributed by atoms with E-state index in [0.717, 1.165) is 19.1 Å². The smallest absolute Gasteiger partial charge is 0.182 e. The summed E-state index contributed by atoms with van der Waals surface area (Å²) in [5.41, 5.74) is 2.20. The van der Waals surface area contributed by atoms with Gasteiger partial charge in [0.15, 0.2) is 4.77 Å². The minimum absolute atomic E-state index is 0.307. The highest BCUT2D eigenvalue weighted by Gasteiger charge is 2.11.